The van der Waals surface area contributed by atoms with Crippen molar-refractivity contribution >= 4 is 12.0 Å². The van der Waals surface area contributed by atoms with E-state index < -0.39 is 5.97 Å². The Morgan fingerprint density at radius 2 is 2.08 bits per heavy atom. The number of ether oxygens (including phenoxy) is 4. The van der Waals surface area contributed by atoms with Crippen LogP contribution < -0.4 is 18.9 Å². The van der Waals surface area contributed by atoms with Crippen molar-refractivity contribution in [3.8, 4) is 29.1 Å². The first-order valence-electron chi connectivity index (χ1n) is 8.05. The van der Waals surface area contributed by atoms with E-state index in [1.807, 2.05) is 31.2 Å². The Kier molecular flexibility index (Phi) is 5.09. The maximum Gasteiger partial charge on any atom is 0.343 e. The molecule has 0 spiro atoms. The van der Waals surface area contributed by atoms with Gasteiger partial charge in [0.15, 0.2) is 23.0 Å². The predicted molar refractivity (Wildman–Crippen MR) is 94.4 cm³/mol. The molecule has 0 saturated carbocycles. The number of para-hydroxylation sites is 1. The van der Waals surface area contributed by atoms with Crippen LogP contribution >= 0.6 is 0 Å². The van der Waals surface area contributed by atoms with Crippen molar-refractivity contribution in [1.82, 2.24) is 0 Å². The Hall–Kier alpha value is -3.46. The second kappa shape index (κ2) is 7.62. The molecule has 26 heavy (non-hydrogen) atoms. The summed E-state index contributed by atoms with van der Waals surface area (Å²) in [7, 11) is 1.45. The molecule has 0 aliphatic carbocycles. The van der Waals surface area contributed by atoms with Crippen LogP contribution in [0.25, 0.3) is 6.08 Å². The van der Waals surface area contributed by atoms with Gasteiger partial charge >= 0.3 is 5.97 Å². The van der Waals surface area contributed by atoms with Crippen molar-refractivity contribution in [2.75, 3.05) is 20.3 Å². The Labute approximate surface area is 151 Å². The van der Waals surface area contributed by atoms with E-state index in [4.69, 9.17) is 24.2 Å². The lowest BCUT2D eigenvalue weighted by Gasteiger charge is -2.20. The number of carbonyl (C=O) groups excluding carboxylic acids is 1. The molecular formula is C20H17NO5. The van der Waals surface area contributed by atoms with E-state index >= 15 is 0 Å². The van der Waals surface area contributed by atoms with Gasteiger partial charge in [-0.05, 0) is 31.2 Å². The summed E-state index contributed by atoms with van der Waals surface area (Å²) in [6.45, 7) is 2.50. The smallest absolute Gasteiger partial charge is 0.343 e. The molecule has 3 rings (SSSR count). The summed E-state index contributed by atoms with van der Waals surface area (Å²) in [6, 6.07) is 12.1. The molecule has 2 aromatic carbocycles. The van der Waals surface area contributed by atoms with Crippen molar-refractivity contribution < 1.29 is 23.7 Å². The number of carbonyl (C=O) groups is 1. The second-order valence-corrected chi connectivity index (χ2v) is 5.43. The molecule has 0 unspecified atom stereocenters. The van der Waals surface area contributed by atoms with Crippen LogP contribution in [0, 0.1) is 11.3 Å². The van der Waals surface area contributed by atoms with Crippen LogP contribution in [0.3, 0.4) is 0 Å². The maximum absolute atomic E-state index is 12.5. The summed E-state index contributed by atoms with van der Waals surface area (Å²) in [6.07, 6.45) is 1.72. The Morgan fingerprint density at radius 1 is 1.23 bits per heavy atom. The number of methoxy groups -OCH3 is 1. The van der Waals surface area contributed by atoms with E-state index in [0.717, 1.165) is 5.56 Å². The summed E-state index contributed by atoms with van der Waals surface area (Å²) >= 11 is 0. The third-order valence-corrected chi connectivity index (χ3v) is 3.77. The molecule has 6 nitrogen and oxygen atoms in total. The van der Waals surface area contributed by atoms with Crippen LogP contribution in [0.5, 0.6) is 23.0 Å². The standard InChI is InChI=1S/C20H17NO5/c1-3-24-17-6-4-5-14-10-15(12-25-19(14)17)20(22)26-16-8-7-13(11-21)9-18(16)23-2/h4-10H,3,12H2,1-2H3. The molecule has 132 valence electrons. The molecule has 0 aromatic heterocycles. The van der Waals surface area contributed by atoms with Gasteiger partial charge in [0.05, 0.1) is 30.9 Å². The minimum Gasteiger partial charge on any atom is -0.493 e. The van der Waals surface area contributed by atoms with Crippen LogP contribution in [-0.4, -0.2) is 26.3 Å². The number of benzene rings is 2. The lowest BCUT2D eigenvalue weighted by atomic mass is 10.1. The zero-order valence-corrected chi connectivity index (χ0v) is 14.4. The molecule has 0 atom stereocenters. The van der Waals surface area contributed by atoms with Gasteiger partial charge in [-0.3, -0.25) is 0 Å². The topological polar surface area (TPSA) is 77.8 Å². The fourth-order valence-corrected chi connectivity index (χ4v) is 2.55. The highest BCUT2D eigenvalue weighted by Gasteiger charge is 2.22. The van der Waals surface area contributed by atoms with Gasteiger partial charge in [-0.25, -0.2) is 4.79 Å². The molecule has 0 N–H and O–H groups in total. The first-order chi connectivity index (χ1) is 12.7. The van der Waals surface area contributed by atoms with Crippen molar-refractivity contribution in [3.63, 3.8) is 0 Å². The van der Waals surface area contributed by atoms with Gasteiger partial charge in [0.2, 0.25) is 0 Å². The lowest BCUT2D eigenvalue weighted by molar-refractivity contribution is -0.130. The van der Waals surface area contributed by atoms with E-state index in [1.54, 1.807) is 12.1 Å². The van der Waals surface area contributed by atoms with E-state index in [2.05, 4.69) is 0 Å². The summed E-state index contributed by atoms with van der Waals surface area (Å²) in [5, 5.41) is 8.94. The Bertz CT molecular complexity index is 911. The average molecular weight is 351 g/mol. The minimum absolute atomic E-state index is 0.0779. The molecule has 0 saturated heterocycles. The fraction of sp³-hybridized carbons (Fsp3) is 0.200. The molecule has 0 bridgehead atoms. The van der Waals surface area contributed by atoms with Crippen LogP contribution in [0.2, 0.25) is 0 Å². The predicted octanol–water partition coefficient (Wildman–Crippen LogP) is 3.35. The van der Waals surface area contributed by atoms with Gasteiger partial charge in [-0.2, -0.15) is 5.26 Å². The highest BCUT2D eigenvalue weighted by molar-refractivity contribution is 5.97. The normalized spacial score (nSPS) is 12.1. The minimum atomic E-state index is -0.541. The monoisotopic (exact) mass is 351 g/mol. The molecular weight excluding hydrogens is 334 g/mol. The van der Waals surface area contributed by atoms with E-state index in [0.29, 0.717) is 35.0 Å². The number of fused-ring (bicyclic) bond motifs is 1. The highest BCUT2D eigenvalue weighted by Crippen LogP contribution is 2.36. The molecule has 1 heterocycles. The van der Waals surface area contributed by atoms with Crippen LogP contribution in [0.4, 0.5) is 0 Å². The number of rotatable bonds is 5. The SMILES string of the molecule is CCOc1cccc2c1OCC(C(=O)Oc1ccc(C#N)cc1OC)=C2. The summed E-state index contributed by atoms with van der Waals surface area (Å²) < 4.78 is 21.8. The van der Waals surface area contributed by atoms with E-state index in [-0.39, 0.29) is 12.4 Å². The van der Waals surface area contributed by atoms with Gasteiger partial charge in [0, 0.05) is 11.6 Å². The summed E-state index contributed by atoms with van der Waals surface area (Å²) in [5.74, 6) is 1.27. The lowest BCUT2D eigenvalue weighted by Crippen LogP contribution is -2.20. The number of esters is 1. The van der Waals surface area contributed by atoms with Crippen LogP contribution in [-0.2, 0) is 4.79 Å². The van der Waals surface area contributed by atoms with Gasteiger partial charge in [0.25, 0.3) is 0 Å². The number of hydrogen-bond donors (Lipinski definition) is 0. The zero-order valence-electron chi connectivity index (χ0n) is 14.4. The fourth-order valence-electron chi connectivity index (χ4n) is 2.55. The molecule has 2 aromatic rings. The van der Waals surface area contributed by atoms with E-state index in [1.165, 1.54) is 19.2 Å². The van der Waals surface area contributed by atoms with Gasteiger partial charge < -0.3 is 18.9 Å². The first-order valence-corrected chi connectivity index (χ1v) is 8.05. The highest BCUT2D eigenvalue weighted by atomic mass is 16.6. The third-order valence-electron chi connectivity index (χ3n) is 3.77. The molecule has 6 heteroatoms. The molecule has 0 radical (unpaired) electrons. The number of nitriles is 1. The summed E-state index contributed by atoms with van der Waals surface area (Å²) in [4.78, 5) is 12.5. The van der Waals surface area contributed by atoms with Crippen molar-refractivity contribution in [2.24, 2.45) is 0 Å². The van der Waals surface area contributed by atoms with Crippen molar-refractivity contribution in [2.45, 2.75) is 6.92 Å². The van der Waals surface area contributed by atoms with Gasteiger partial charge in [-0.1, -0.05) is 12.1 Å². The quantitative estimate of drug-likeness (QED) is 0.607. The summed E-state index contributed by atoms with van der Waals surface area (Å²) in [5.41, 5.74) is 1.54. The first kappa shape index (κ1) is 17.4. The largest absolute Gasteiger partial charge is 0.493 e. The molecule has 1 aliphatic rings. The average Bonchev–Trinajstić information content (AvgIpc) is 2.68. The molecule has 1 aliphatic heterocycles. The van der Waals surface area contributed by atoms with E-state index in [9.17, 15) is 4.79 Å². The molecule has 0 fully saturated rings. The van der Waals surface area contributed by atoms with Gasteiger partial charge in [0.1, 0.15) is 6.61 Å². The van der Waals surface area contributed by atoms with Crippen LogP contribution in [0.15, 0.2) is 42.0 Å². The Morgan fingerprint density at radius 3 is 2.81 bits per heavy atom. The van der Waals surface area contributed by atoms with Crippen molar-refractivity contribution in [3.05, 3.63) is 53.1 Å². The van der Waals surface area contributed by atoms with Crippen LogP contribution in [0.1, 0.15) is 18.1 Å². The molecule has 0 amide bonds. The van der Waals surface area contributed by atoms with Gasteiger partial charge in [-0.15, -0.1) is 0 Å². The number of nitrogens with zero attached hydrogens (tertiary/aromatic N) is 1. The van der Waals surface area contributed by atoms with Crippen molar-refractivity contribution in [1.29, 1.82) is 5.26 Å². The maximum atomic E-state index is 12.5. The second-order valence-electron chi connectivity index (χ2n) is 5.43. The Balaban J connectivity index is 1.84. The number of hydrogen-bond acceptors (Lipinski definition) is 6. The zero-order chi connectivity index (χ0) is 18.5. The third kappa shape index (κ3) is 3.47.